The first-order chi connectivity index (χ1) is 8.05. The van der Waals surface area contributed by atoms with Crippen LogP contribution in [0.25, 0.3) is 0 Å². The van der Waals surface area contributed by atoms with Gasteiger partial charge in [-0.1, -0.05) is 13.8 Å². The molecule has 1 aromatic rings. The van der Waals surface area contributed by atoms with Crippen molar-refractivity contribution in [2.75, 3.05) is 17.7 Å². The lowest BCUT2D eigenvalue weighted by Crippen LogP contribution is -2.58. The first-order valence-electron chi connectivity index (χ1n) is 6.14. The molecule has 0 radical (unpaired) electrons. The highest BCUT2D eigenvalue weighted by molar-refractivity contribution is 5.61. The number of hydrogen-bond donors (Lipinski definition) is 2. The van der Waals surface area contributed by atoms with E-state index in [1.165, 1.54) is 0 Å². The predicted octanol–water partition coefficient (Wildman–Crippen LogP) is 2.28. The lowest BCUT2D eigenvalue weighted by Gasteiger charge is -2.51. The van der Waals surface area contributed by atoms with Crippen LogP contribution in [-0.4, -0.2) is 23.7 Å². The predicted molar refractivity (Wildman–Crippen MR) is 69.9 cm³/mol. The normalized spacial score (nSPS) is 26.3. The maximum absolute atomic E-state index is 5.87. The molecule has 1 aliphatic carbocycles. The lowest BCUT2D eigenvalue weighted by atomic mass is 9.64. The third-order valence-electron chi connectivity index (χ3n) is 3.70. The van der Waals surface area contributed by atoms with Crippen LogP contribution in [0.15, 0.2) is 18.3 Å². The minimum Gasteiger partial charge on any atom is -0.396 e. The molecule has 3 N–H and O–H groups in total. The number of nitrogens with one attached hydrogen (secondary N) is 1. The highest BCUT2D eigenvalue weighted by Crippen LogP contribution is 2.44. The molecule has 2 unspecified atom stereocenters. The number of nitrogens with two attached hydrogens (primary N) is 1. The molecule has 1 fully saturated rings. The number of nitrogen functional groups attached to an aromatic ring is 1. The Morgan fingerprint density at radius 1 is 1.59 bits per heavy atom. The monoisotopic (exact) mass is 235 g/mol. The van der Waals surface area contributed by atoms with Crippen LogP contribution < -0.4 is 11.1 Å². The second-order valence-electron chi connectivity index (χ2n) is 5.14. The molecule has 2 atom stereocenters. The highest BCUT2D eigenvalue weighted by Gasteiger charge is 2.49. The standard InChI is InChI=1S/C13H21N3O/c1-4-17-11-8-10(13(11,2)3)16-12-9(14)6-5-7-15-12/h5-7,10-11H,4,8,14H2,1-3H3,(H,15,16). The zero-order valence-corrected chi connectivity index (χ0v) is 10.7. The van der Waals surface area contributed by atoms with Crippen molar-refractivity contribution in [3.8, 4) is 0 Å². The largest absolute Gasteiger partial charge is 0.396 e. The van der Waals surface area contributed by atoms with E-state index in [0.29, 0.717) is 17.8 Å². The third-order valence-corrected chi connectivity index (χ3v) is 3.70. The highest BCUT2D eigenvalue weighted by atomic mass is 16.5. The Bertz CT molecular complexity index is 392. The average molecular weight is 235 g/mol. The molecule has 1 heterocycles. The number of ether oxygens (including phenoxy) is 1. The van der Waals surface area contributed by atoms with Crippen LogP contribution in [0.2, 0.25) is 0 Å². The number of aromatic nitrogens is 1. The molecular weight excluding hydrogens is 214 g/mol. The van der Waals surface area contributed by atoms with Crippen molar-refractivity contribution < 1.29 is 4.74 Å². The second-order valence-corrected chi connectivity index (χ2v) is 5.14. The molecule has 17 heavy (non-hydrogen) atoms. The van der Waals surface area contributed by atoms with E-state index in [9.17, 15) is 0 Å². The Morgan fingerprint density at radius 2 is 2.35 bits per heavy atom. The summed E-state index contributed by atoms with van der Waals surface area (Å²) < 4.78 is 5.70. The molecule has 4 heteroatoms. The topological polar surface area (TPSA) is 60.2 Å². The third kappa shape index (κ3) is 2.22. The second kappa shape index (κ2) is 4.53. The Hall–Kier alpha value is -1.29. The fourth-order valence-corrected chi connectivity index (χ4v) is 2.32. The quantitative estimate of drug-likeness (QED) is 0.840. The first kappa shape index (κ1) is 12.2. The van der Waals surface area contributed by atoms with Gasteiger partial charge in [-0.3, -0.25) is 0 Å². The van der Waals surface area contributed by atoms with Gasteiger partial charge in [-0.2, -0.15) is 0 Å². The summed E-state index contributed by atoms with van der Waals surface area (Å²) in [5, 5.41) is 3.41. The van der Waals surface area contributed by atoms with Crippen LogP contribution in [0.4, 0.5) is 11.5 Å². The van der Waals surface area contributed by atoms with Crippen molar-refractivity contribution in [3.63, 3.8) is 0 Å². The van der Waals surface area contributed by atoms with Gasteiger partial charge in [-0.05, 0) is 25.5 Å². The number of anilines is 2. The maximum atomic E-state index is 5.87. The molecule has 0 bridgehead atoms. The number of rotatable bonds is 4. The number of nitrogens with zero attached hydrogens (tertiary/aromatic N) is 1. The van der Waals surface area contributed by atoms with E-state index in [1.807, 2.05) is 19.1 Å². The van der Waals surface area contributed by atoms with Crippen LogP contribution >= 0.6 is 0 Å². The molecule has 0 amide bonds. The van der Waals surface area contributed by atoms with E-state index in [0.717, 1.165) is 18.8 Å². The summed E-state index contributed by atoms with van der Waals surface area (Å²) in [7, 11) is 0. The molecular formula is C13H21N3O. The van der Waals surface area contributed by atoms with Crippen LogP contribution in [0.1, 0.15) is 27.2 Å². The van der Waals surface area contributed by atoms with Crippen LogP contribution in [0, 0.1) is 5.41 Å². The Kier molecular flexibility index (Phi) is 3.24. The molecule has 4 nitrogen and oxygen atoms in total. The summed E-state index contributed by atoms with van der Waals surface area (Å²) in [6.07, 6.45) is 3.09. The zero-order chi connectivity index (χ0) is 12.5. The van der Waals surface area contributed by atoms with E-state index < -0.39 is 0 Å². The molecule has 2 rings (SSSR count). The van der Waals surface area contributed by atoms with Crippen molar-refractivity contribution >= 4 is 11.5 Å². The molecule has 1 aliphatic rings. The molecule has 0 saturated heterocycles. The molecule has 94 valence electrons. The van der Waals surface area contributed by atoms with Crippen molar-refractivity contribution in [1.29, 1.82) is 0 Å². The van der Waals surface area contributed by atoms with E-state index in [2.05, 4.69) is 24.1 Å². The molecule has 1 saturated carbocycles. The Morgan fingerprint density at radius 3 is 2.94 bits per heavy atom. The summed E-state index contributed by atoms with van der Waals surface area (Å²) in [5.41, 5.74) is 6.70. The Balaban J connectivity index is 2.01. The van der Waals surface area contributed by atoms with Crippen molar-refractivity contribution in [1.82, 2.24) is 4.98 Å². The van der Waals surface area contributed by atoms with E-state index in [-0.39, 0.29) is 5.41 Å². The SMILES string of the molecule is CCOC1CC(Nc2ncccc2N)C1(C)C. The minimum absolute atomic E-state index is 0.125. The zero-order valence-electron chi connectivity index (χ0n) is 10.7. The van der Waals surface area contributed by atoms with Gasteiger partial charge in [0.05, 0.1) is 11.8 Å². The van der Waals surface area contributed by atoms with Crippen LogP contribution in [-0.2, 0) is 4.74 Å². The van der Waals surface area contributed by atoms with Gasteiger partial charge in [0.25, 0.3) is 0 Å². The summed E-state index contributed by atoms with van der Waals surface area (Å²) in [6.45, 7) is 7.24. The summed E-state index contributed by atoms with van der Waals surface area (Å²) in [5.74, 6) is 0.778. The molecule has 0 spiro atoms. The fourth-order valence-electron chi connectivity index (χ4n) is 2.32. The van der Waals surface area contributed by atoms with Gasteiger partial charge in [-0.25, -0.2) is 4.98 Å². The van der Waals surface area contributed by atoms with Gasteiger partial charge in [0, 0.05) is 24.3 Å². The molecule has 0 aromatic carbocycles. The van der Waals surface area contributed by atoms with Crippen molar-refractivity contribution in [3.05, 3.63) is 18.3 Å². The van der Waals surface area contributed by atoms with Gasteiger partial charge in [-0.15, -0.1) is 0 Å². The molecule has 1 aromatic heterocycles. The first-order valence-corrected chi connectivity index (χ1v) is 6.14. The van der Waals surface area contributed by atoms with Gasteiger partial charge < -0.3 is 15.8 Å². The molecule has 0 aliphatic heterocycles. The van der Waals surface area contributed by atoms with E-state index in [4.69, 9.17) is 10.5 Å². The van der Waals surface area contributed by atoms with Crippen molar-refractivity contribution in [2.24, 2.45) is 5.41 Å². The van der Waals surface area contributed by atoms with Crippen LogP contribution in [0.5, 0.6) is 0 Å². The van der Waals surface area contributed by atoms with Gasteiger partial charge in [0.1, 0.15) is 5.82 Å². The average Bonchev–Trinajstić information content (AvgIpc) is 2.30. The van der Waals surface area contributed by atoms with Gasteiger partial charge in [0.2, 0.25) is 0 Å². The fraction of sp³-hybridized carbons (Fsp3) is 0.615. The summed E-state index contributed by atoms with van der Waals surface area (Å²) in [4.78, 5) is 4.26. The van der Waals surface area contributed by atoms with E-state index in [1.54, 1.807) is 6.20 Å². The van der Waals surface area contributed by atoms with E-state index >= 15 is 0 Å². The van der Waals surface area contributed by atoms with Crippen LogP contribution in [0.3, 0.4) is 0 Å². The summed E-state index contributed by atoms with van der Waals surface area (Å²) >= 11 is 0. The lowest BCUT2D eigenvalue weighted by molar-refractivity contribution is -0.0976. The van der Waals surface area contributed by atoms with Gasteiger partial charge >= 0.3 is 0 Å². The minimum atomic E-state index is 0.125. The number of hydrogen-bond acceptors (Lipinski definition) is 4. The van der Waals surface area contributed by atoms with Crippen molar-refractivity contribution in [2.45, 2.75) is 39.3 Å². The summed E-state index contributed by atoms with van der Waals surface area (Å²) in [6, 6.07) is 4.08. The van der Waals surface area contributed by atoms with Gasteiger partial charge in [0.15, 0.2) is 0 Å². The smallest absolute Gasteiger partial charge is 0.149 e. The maximum Gasteiger partial charge on any atom is 0.149 e. The number of pyridine rings is 1. The Labute approximate surface area is 103 Å².